The molecule has 0 radical (unpaired) electrons. The number of aromatic nitrogens is 3. The van der Waals surface area contributed by atoms with Gasteiger partial charge in [-0.1, -0.05) is 357 Å². The van der Waals surface area contributed by atoms with Gasteiger partial charge in [-0.15, -0.1) is 11.3 Å². The number of benzene rings is 13. The predicted octanol–water partition coefficient (Wildman–Crippen LogP) is 26.9. The molecule has 1 fully saturated rings. The van der Waals surface area contributed by atoms with Crippen molar-refractivity contribution in [1.82, 2.24) is 15.0 Å². The molecular weight excluding hydrogens is 1280 g/mol. The molecule has 19 rings (SSSR count). The average Bonchev–Trinajstić information content (AvgIpc) is 1.51. The van der Waals surface area contributed by atoms with Gasteiger partial charge in [0, 0.05) is 10.8 Å². The summed E-state index contributed by atoms with van der Waals surface area (Å²) < 4.78 is 1.28. The molecule has 104 heavy (non-hydrogen) atoms. The fourth-order valence-corrected chi connectivity index (χ4v) is 16.8. The first kappa shape index (κ1) is 71.6. The fourth-order valence-electron chi connectivity index (χ4n) is 16.0. The molecule has 2 aromatic heterocycles. The number of hydrogen-bond acceptors (Lipinski definition) is 3. The molecule has 0 amide bonds. The lowest BCUT2D eigenvalue weighted by molar-refractivity contribution is 0.346. The van der Waals surface area contributed by atoms with Crippen molar-refractivity contribution in [3.05, 3.63) is 403 Å². The van der Waals surface area contributed by atoms with Crippen molar-refractivity contribution < 1.29 is 0 Å². The molecule has 3 nitrogen and oxygen atoms in total. The van der Waals surface area contributed by atoms with E-state index in [0.29, 0.717) is 0 Å². The van der Waals surface area contributed by atoms with Gasteiger partial charge in [0.2, 0.25) is 0 Å². The highest BCUT2D eigenvalue weighted by molar-refractivity contribution is 7.18. The highest BCUT2D eigenvalue weighted by atomic mass is 32.1. The van der Waals surface area contributed by atoms with Crippen molar-refractivity contribution in [2.45, 2.75) is 131 Å². The Morgan fingerprint density at radius 2 is 0.673 bits per heavy atom. The zero-order valence-electron chi connectivity index (χ0n) is 62.7. The van der Waals surface area contributed by atoms with Crippen LogP contribution < -0.4 is 0 Å². The lowest BCUT2D eigenvalue weighted by Gasteiger charge is -2.38. The largest absolute Gasteiger partial charge is 0.342 e. The van der Waals surface area contributed by atoms with Gasteiger partial charge in [0.1, 0.15) is 5.82 Å². The molecule has 4 aliphatic carbocycles. The van der Waals surface area contributed by atoms with Gasteiger partial charge in [-0.25, -0.2) is 9.97 Å². The lowest BCUT2D eigenvalue weighted by Crippen LogP contribution is -2.30. The monoisotopic (exact) mass is 1370 g/mol. The maximum Gasteiger partial charge on any atom is 0.104 e. The molecule has 518 valence electrons. The third kappa shape index (κ3) is 15.2. The number of thiazole rings is 1. The average molecular weight is 1370 g/mol. The van der Waals surface area contributed by atoms with E-state index < -0.39 is 0 Å². The van der Waals surface area contributed by atoms with E-state index >= 15 is 0 Å². The van der Waals surface area contributed by atoms with Crippen LogP contribution in [0.15, 0.2) is 303 Å². The van der Waals surface area contributed by atoms with Crippen LogP contribution in [-0.2, 0) is 16.2 Å². The summed E-state index contributed by atoms with van der Waals surface area (Å²) in [6, 6.07) is 109. The zero-order chi connectivity index (χ0) is 72.5. The maximum absolute atomic E-state index is 4.33. The Labute approximate surface area is 622 Å². The van der Waals surface area contributed by atoms with Crippen molar-refractivity contribution >= 4 is 32.6 Å². The first-order valence-electron chi connectivity index (χ1n) is 37.1. The molecule has 1 spiro atoms. The van der Waals surface area contributed by atoms with Crippen molar-refractivity contribution in [1.29, 1.82) is 0 Å². The van der Waals surface area contributed by atoms with Crippen LogP contribution in [0, 0.1) is 69.2 Å². The quantitative estimate of drug-likeness (QED) is 0.192. The topological polar surface area (TPSA) is 41.6 Å². The summed E-state index contributed by atoms with van der Waals surface area (Å²) in [4.78, 5) is 11.7. The Bertz CT molecular complexity index is 5070. The summed E-state index contributed by atoms with van der Waals surface area (Å²) in [5.41, 5.74) is 36.7. The molecule has 2 heterocycles. The van der Waals surface area contributed by atoms with Crippen LogP contribution in [0.4, 0.5) is 0 Å². The van der Waals surface area contributed by atoms with E-state index in [-0.39, 0.29) is 16.2 Å². The number of fused-ring (bicyclic) bond motifs is 15. The zero-order valence-corrected chi connectivity index (χ0v) is 63.5. The maximum atomic E-state index is 4.33. The molecule has 0 bridgehead atoms. The van der Waals surface area contributed by atoms with Gasteiger partial charge in [-0.2, -0.15) is 0 Å². The molecule has 0 unspecified atom stereocenters. The molecular formula is C100H97N3S. The minimum atomic E-state index is -0.217. The van der Waals surface area contributed by atoms with Crippen LogP contribution in [0.1, 0.15) is 146 Å². The first-order chi connectivity index (χ1) is 50.4. The SMILES string of the molecule is Cc1ccc(-c2ccccc2)cc1.Cc1ccc(C2(c3ccccc3)CCCCC2)cc1.Cc1ccc2c(c1)C(C)(C)c1ccccc1-2.Cc1ccc2c(c1)C1(c3cc(C)ccc3-2)c2cc(C)ccc2-c2ccc(C)cc21.Cc1ccccc1.Cc1nc2ccccc2[nH]1.Cc1nc2ccccc2s1. The van der Waals surface area contributed by atoms with Gasteiger partial charge < -0.3 is 4.98 Å². The van der Waals surface area contributed by atoms with Gasteiger partial charge >= 0.3 is 0 Å². The van der Waals surface area contributed by atoms with E-state index in [0.717, 1.165) is 27.4 Å². The Hall–Kier alpha value is -10.8. The van der Waals surface area contributed by atoms with E-state index in [1.54, 1.807) is 11.3 Å². The predicted molar refractivity (Wildman–Crippen MR) is 445 cm³/mol. The summed E-state index contributed by atoms with van der Waals surface area (Å²) in [5, 5.41) is 1.14. The van der Waals surface area contributed by atoms with Crippen LogP contribution in [0.3, 0.4) is 0 Å². The van der Waals surface area contributed by atoms with Gasteiger partial charge in [0.05, 0.1) is 31.7 Å². The third-order valence-corrected chi connectivity index (χ3v) is 22.2. The third-order valence-electron chi connectivity index (χ3n) is 21.3. The van der Waals surface area contributed by atoms with Gasteiger partial charge in [0.25, 0.3) is 0 Å². The lowest BCUT2D eigenvalue weighted by atomic mass is 9.65. The van der Waals surface area contributed by atoms with E-state index in [1.165, 1.54) is 170 Å². The number of nitrogens with one attached hydrogen (secondary N) is 1. The highest BCUT2D eigenvalue weighted by Crippen LogP contribution is 2.63. The number of hydrogen-bond donors (Lipinski definition) is 1. The Balaban J connectivity index is 0.000000113. The Kier molecular flexibility index (Phi) is 21.7. The molecule has 13 aromatic carbocycles. The van der Waals surface area contributed by atoms with E-state index in [4.69, 9.17) is 0 Å². The van der Waals surface area contributed by atoms with Crippen LogP contribution in [0.5, 0.6) is 0 Å². The van der Waals surface area contributed by atoms with Crippen LogP contribution in [-0.4, -0.2) is 15.0 Å². The van der Waals surface area contributed by atoms with Crippen molar-refractivity contribution in [3.63, 3.8) is 0 Å². The van der Waals surface area contributed by atoms with Crippen molar-refractivity contribution in [2.75, 3.05) is 0 Å². The van der Waals surface area contributed by atoms with Gasteiger partial charge in [-0.3, -0.25) is 0 Å². The molecule has 4 aliphatic rings. The summed E-state index contributed by atoms with van der Waals surface area (Å²) in [7, 11) is 0. The smallest absolute Gasteiger partial charge is 0.104 e. The summed E-state index contributed by atoms with van der Waals surface area (Å²) in [5.74, 6) is 0.973. The standard InChI is InChI=1S/C29H24.C19H22.C16H16.C13H12.C8H8N2.C8H7NS.C7H8/c1-17-5-9-21-22-10-6-18(2)14-26(22)29(25(21)13-17)27-15-19(3)7-11-23(27)24-12-8-20(4)16-28(24)29;1-16-10-12-18(13-11-16)19(14-6-3-7-15-19)17-8-4-2-5-9-17;1-11-8-9-13-12-6-4-5-7-14(12)16(2,3)15(13)10-11;1-11-7-9-13(10-8-11)12-5-3-2-4-6-12;2*1-6-9-7-4-2-3-5-8(7)10-6;1-7-5-3-2-4-6-7/h5-16H,1-4H3;2,4-5,8-13H,3,6-7,14-15H2,1H3;4-10H,1-3H3;2-10H,1H3;2-5H,1H3,(H,9,10);2-5H,1H3;2-6H,1H3. The highest BCUT2D eigenvalue weighted by Gasteiger charge is 2.52. The Morgan fingerprint density at radius 3 is 1.16 bits per heavy atom. The van der Waals surface area contributed by atoms with Crippen molar-refractivity contribution in [2.24, 2.45) is 0 Å². The van der Waals surface area contributed by atoms with Crippen molar-refractivity contribution in [3.8, 4) is 44.5 Å². The first-order valence-corrected chi connectivity index (χ1v) is 37.9. The second-order valence-corrected chi connectivity index (χ2v) is 30.7. The molecule has 4 heteroatoms. The summed E-state index contributed by atoms with van der Waals surface area (Å²) >= 11 is 1.74. The number of imidazole rings is 1. The number of nitrogens with zero attached hydrogens (tertiary/aromatic N) is 2. The molecule has 1 N–H and O–H groups in total. The number of aromatic amines is 1. The van der Waals surface area contributed by atoms with E-state index in [1.807, 2.05) is 80.6 Å². The molecule has 1 saturated carbocycles. The van der Waals surface area contributed by atoms with E-state index in [2.05, 4.69) is 321 Å². The van der Waals surface area contributed by atoms with Crippen LogP contribution in [0.25, 0.3) is 65.8 Å². The Morgan fingerprint density at radius 1 is 0.298 bits per heavy atom. The summed E-state index contributed by atoms with van der Waals surface area (Å²) in [6.07, 6.45) is 6.67. The minimum Gasteiger partial charge on any atom is -0.342 e. The molecule has 0 aliphatic heterocycles. The van der Waals surface area contributed by atoms with E-state index in [9.17, 15) is 0 Å². The van der Waals surface area contributed by atoms with Crippen LogP contribution >= 0.6 is 11.3 Å². The minimum absolute atomic E-state index is 0.151. The number of H-pyrrole nitrogens is 1. The molecule has 15 aromatic rings. The normalized spacial score (nSPS) is 13.6. The van der Waals surface area contributed by atoms with Crippen LogP contribution in [0.2, 0.25) is 0 Å². The molecule has 0 atom stereocenters. The summed E-state index contributed by atoms with van der Waals surface area (Å²) in [6.45, 7) is 26.0. The molecule has 0 saturated heterocycles. The number of rotatable bonds is 3. The second-order valence-electron chi connectivity index (χ2n) is 29.5. The second kappa shape index (κ2) is 31.4. The number of aryl methyl sites for hydroxylation is 10. The van der Waals surface area contributed by atoms with Gasteiger partial charge in [-0.05, 0) is 195 Å². The van der Waals surface area contributed by atoms with Gasteiger partial charge in [0.15, 0.2) is 0 Å². The number of para-hydroxylation sites is 3. The fraction of sp³-hybridized carbons (Fsp3) is 0.200.